The Morgan fingerprint density at radius 3 is 1.52 bits per heavy atom. The molecule has 4 aromatic carbocycles. The number of aliphatic hydroxyl groups is 1. The fourth-order valence-corrected chi connectivity index (χ4v) is 7.85. The van der Waals surface area contributed by atoms with E-state index in [2.05, 4.69) is 60.7 Å². The maximum absolute atomic E-state index is 9.83. The first-order chi connectivity index (χ1) is 20.7. The fraction of sp³-hybridized carbons (Fsp3) is 0.257. The van der Waals surface area contributed by atoms with Crippen LogP contribution in [-0.2, 0) is 18.6 Å². The Morgan fingerprint density at radius 2 is 1.10 bits per heavy atom. The standard InChI is InChI=1S/C35H32N2O3S2/c38-21-24-17-19-35(20-18-24,25-9-13-27(14-10-25)39-22-33-36-29-5-1-3-7-31(29)41-33)26-11-15-28(16-12-26)40-23-34-37-30-6-2-4-8-32(30)42-34/h1-16,24,38H,17-23H2. The van der Waals surface area contributed by atoms with Crippen molar-refractivity contribution in [2.45, 2.75) is 44.3 Å². The molecule has 7 heteroatoms. The normalized spacial score (nSPS) is 15.3. The summed E-state index contributed by atoms with van der Waals surface area (Å²) in [5.74, 6) is 2.05. The monoisotopic (exact) mass is 592 g/mol. The third-order valence-corrected chi connectivity index (χ3v) is 10.5. The molecule has 0 bridgehead atoms. The zero-order chi connectivity index (χ0) is 28.4. The first-order valence-electron chi connectivity index (χ1n) is 14.4. The van der Waals surface area contributed by atoms with Crippen LogP contribution < -0.4 is 9.47 Å². The Labute approximate surface area is 253 Å². The second kappa shape index (κ2) is 11.8. The van der Waals surface area contributed by atoms with Crippen molar-refractivity contribution in [2.24, 2.45) is 5.92 Å². The van der Waals surface area contributed by atoms with Gasteiger partial charge >= 0.3 is 0 Å². The number of hydrogen-bond donors (Lipinski definition) is 1. The molecule has 0 aliphatic heterocycles. The summed E-state index contributed by atoms with van der Waals surface area (Å²) in [5.41, 5.74) is 4.50. The van der Waals surface area contributed by atoms with E-state index in [1.807, 2.05) is 36.4 Å². The van der Waals surface area contributed by atoms with Gasteiger partial charge in [-0.25, -0.2) is 9.97 Å². The summed E-state index contributed by atoms with van der Waals surface area (Å²) in [6, 6.07) is 33.6. The maximum atomic E-state index is 9.83. The minimum absolute atomic E-state index is 0.108. The molecular formula is C35H32N2O3S2. The van der Waals surface area contributed by atoms with Crippen molar-refractivity contribution in [2.75, 3.05) is 6.61 Å². The molecule has 2 heterocycles. The number of hydrogen-bond acceptors (Lipinski definition) is 7. The molecule has 0 spiro atoms. The SMILES string of the molecule is OCC1CCC(c2ccc(OCc3nc4ccccc4s3)cc2)(c2ccc(OCc3nc4ccccc4s3)cc2)CC1. The minimum atomic E-state index is -0.108. The number of fused-ring (bicyclic) bond motifs is 2. The summed E-state index contributed by atoms with van der Waals surface area (Å²) < 4.78 is 14.6. The maximum Gasteiger partial charge on any atom is 0.140 e. The highest BCUT2D eigenvalue weighted by Gasteiger charge is 2.38. The molecule has 0 atom stereocenters. The molecule has 1 fully saturated rings. The van der Waals surface area contributed by atoms with Gasteiger partial charge in [0, 0.05) is 12.0 Å². The molecule has 0 unspecified atom stereocenters. The summed E-state index contributed by atoms with van der Waals surface area (Å²) >= 11 is 3.35. The first kappa shape index (κ1) is 27.1. The van der Waals surface area contributed by atoms with Gasteiger partial charge in [-0.1, -0.05) is 48.5 Å². The van der Waals surface area contributed by atoms with Crippen LogP contribution in [0.3, 0.4) is 0 Å². The van der Waals surface area contributed by atoms with Crippen LogP contribution in [0.25, 0.3) is 20.4 Å². The highest BCUT2D eigenvalue weighted by Crippen LogP contribution is 2.47. The lowest BCUT2D eigenvalue weighted by atomic mass is 9.63. The van der Waals surface area contributed by atoms with E-state index in [1.165, 1.54) is 20.5 Å². The number of aromatic nitrogens is 2. The predicted octanol–water partition coefficient (Wildman–Crippen LogP) is 8.53. The van der Waals surface area contributed by atoms with E-state index in [0.29, 0.717) is 19.1 Å². The molecular weight excluding hydrogens is 561 g/mol. The Kier molecular flexibility index (Phi) is 7.63. The van der Waals surface area contributed by atoms with Gasteiger partial charge in [0.05, 0.1) is 20.4 Å². The van der Waals surface area contributed by atoms with Crippen LogP contribution in [0, 0.1) is 5.92 Å². The first-order valence-corrected chi connectivity index (χ1v) is 16.1. The van der Waals surface area contributed by atoms with Crippen LogP contribution in [-0.4, -0.2) is 21.7 Å². The van der Waals surface area contributed by atoms with E-state index in [0.717, 1.165) is 58.2 Å². The molecule has 1 aliphatic rings. The van der Waals surface area contributed by atoms with Crippen molar-refractivity contribution >= 4 is 43.1 Å². The van der Waals surface area contributed by atoms with Gasteiger partial charge in [0.2, 0.25) is 0 Å². The molecule has 5 nitrogen and oxygen atoms in total. The fourth-order valence-electron chi connectivity index (χ4n) is 6.09. The number of thiazole rings is 2. The zero-order valence-electron chi connectivity index (χ0n) is 23.2. The Morgan fingerprint density at radius 1 is 0.643 bits per heavy atom. The molecule has 42 heavy (non-hydrogen) atoms. The highest BCUT2D eigenvalue weighted by atomic mass is 32.1. The van der Waals surface area contributed by atoms with Crippen molar-refractivity contribution in [1.29, 1.82) is 0 Å². The van der Waals surface area contributed by atoms with E-state index >= 15 is 0 Å². The van der Waals surface area contributed by atoms with Gasteiger partial charge in [-0.15, -0.1) is 22.7 Å². The smallest absolute Gasteiger partial charge is 0.140 e. The van der Waals surface area contributed by atoms with Gasteiger partial charge in [-0.3, -0.25) is 0 Å². The van der Waals surface area contributed by atoms with Crippen LogP contribution in [0.5, 0.6) is 11.5 Å². The summed E-state index contributed by atoms with van der Waals surface area (Å²) in [6.45, 7) is 1.17. The lowest BCUT2D eigenvalue weighted by Gasteiger charge is -2.41. The molecule has 0 amide bonds. The molecule has 1 aliphatic carbocycles. The summed E-state index contributed by atoms with van der Waals surface area (Å²) in [4.78, 5) is 9.38. The molecule has 2 aromatic heterocycles. The van der Waals surface area contributed by atoms with Gasteiger partial charge in [-0.2, -0.15) is 0 Å². The van der Waals surface area contributed by atoms with Crippen molar-refractivity contribution in [1.82, 2.24) is 9.97 Å². The second-order valence-corrected chi connectivity index (χ2v) is 13.2. The van der Waals surface area contributed by atoms with Gasteiger partial charge in [-0.05, 0) is 91.3 Å². The number of nitrogens with zero attached hydrogens (tertiary/aromatic N) is 2. The number of ether oxygens (including phenoxy) is 2. The van der Waals surface area contributed by atoms with Crippen molar-refractivity contribution in [3.05, 3.63) is 118 Å². The Hall–Kier alpha value is -3.78. The number of para-hydroxylation sites is 2. The topological polar surface area (TPSA) is 64.5 Å². The number of benzene rings is 4. The highest BCUT2D eigenvalue weighted by molar-refractivity contribution is 7.18. The van der Waals surface area contributed by atoms with E-state index in [1.54, 1.807) is 22.7 Å². The van der Waals surface area contributed by atoms with Crippen molar-refractivity contribution in [3.63, 3.8) is 0 Å². The third-order valence-electron chi connectivity index (χ3n) is 8.43. The van der Waals surface area contributed by atoms with Crippen molar-refractivity contribution in [3.8, 4) is 11.5 Å². The van der Waals surface area contributed by atoms with Crippen molar-refractivity contribution < 1.29 is 14.6 Å². The number of aliphatic hydroxyl groups excluding tert-OH is 1. The Balaban J connectivity index is 1.07. The van der Waals surface area contributed by atoms with Gasteiger partial charge < -0.3 is 14.6 Å². The van der Waals surface area contributed by atoms with Crippen LogP contribution in [0.1, 0.15) is 46.8 Å². The zero-order valence-corrected chi connectivity index (χ0v) is 24.9. The average Bonchev–Trinajstić information content (AvgIpc) is 3.67. The molecule has 1 N–H and O–H groups in total. The quantitative estimate of drug-likeness (QED) is 0.182. The van der Waals surface area contributed by atoms with Crippen LogP contribution in [0.4, 0.5) is 0 Å². The molecule has 1 saturated carbocycles. The van der Waals surface area contributed by atoms with Gasteiger partial charge in [0.15, 0.2) is 0 Å². The molecule has 6 aromatic rings. The van der Waals surface area contributed by atoms with E-state index in [4.69, 9.17) is 19.4 Å². The summed E-state index contributed by atoms with van der Waals surface area (Å²) in [7, 11) is 0. The largest absolute Gasteiger partial charge is 0.486 e. The van der Waals surface area contributed by atoms with Gasteiger partial charge in [0.1, 0.15) is 34.7 Å². The molecule has 0 radical (unpaired) electrons. The third kappa shape index (κ3) is 5.52. The van der Waals surface area contributed by atoms with Crippen LogP contribution in [0.2, 0.25) is 0 Å². The molecule has 212 valence electrons. The number of rotatable bonds is 9. The lowest BCUT2D eigenvalue weighted by Crippen LogP contribution is -2.34. The molecule has 7 rings (SSSR count). The molecule has 0 saturated heterocycles. The van der Waals surface area contributed by atoms with E-state index < -0.39 is 0 Å². The second-order valence-electron chi connectivity index (χ2n) is 11.0. The average molecular weight is 593 g/mol. The van der Waals surface area contributed by atoms with Gasteiger partial charge in [0.25, 0.3) is 0 Å². The Bertz CT molecular complexity index is 1600. The van der Waals surface area contributed by atoms with Crippen LogP contribution >= 0.6 is 22.7 Å². The lowest BCUT2D eigenvalue weighted by molar-refractivity contribution is 0.164. The predicted molar refractivity (Wildman–Crippen MR) is 171 cm³/mol. The van der Waals surface area contributed by atoms with Crippen LogP contribution in [0.15, 0.2) is 97.1 Å². The van der Waals surface area contributed by atoms with E-state index in [9.17, 15) is 5.11 Å². The minimum Gasteiger partial charge on any atom is -0.486 e. The summed E-state index contributed by atoms with van der Waals surface area (Å²) in [6.07, 6.45) is 4.00. The van der Waals surface area contributed by atoms with E-state index in [-0.39, 0.29) is 12.0 Å². The summed E-state index contributed by atoms with van der Waals surface area (Å²) in [5, 5.41) is 11.8.